The second kappa shape index (κ2) is 7.26. The Morgan fingerprint density at radius 3 is 2.75 bits per heavy atom. The van der Waals surface area contributed by atoms with Gasteiger partial charge in [-0.2, -0.15) is 0 Å². The highest BCUT2D eigenvalue weighted by atomic mass is 16.2. The fraction of sp³-hybridized carbons (Fsp3) is 0.667. The fourth-order valence-electron chi connectivity index (χ4n) is 5.04. The van der Waals surface area contributed by atoms with Crippen LogP contribution in [0, 0.1) is 5.92 Å². The quantitative estimate of drug-likeness (QED) is 0.912. The Hall–Kier alpha value is -1.35. The molecule has 130 valence electrons. The molecule has 1 saturated heterocycles. The van der Waals surface area contributed by atoms with Crippen molar-refractivity contribution in [2.24, 2.45) is 5.92 Å². The molecule has 0 spiro atoms. The van der Waals surface area contributed by atoms with Crippen LogP contribution in [0.5, 0.6) is 0 Å². The van der Waals surface area contributed by atoms with Gasteiger partial charge < -0.3 is 5.32 Å². The predicted octanol–water partition coefficient (Wildman–Crippen LogP) is 3.83. The molecule has 24 heavy (non-hydrogen) atoms. The molecular formula is C21H30N2O. The molecule has 3 heteroatoms. The topological polar surface area (TPSA) is 32.3 Å². The van der Waals surface area contributed by atoms with E-state index in [1.54, 1.807) is 0 Å². The van der Waals surface area contributed by atoms with Crippen molar-refractivity contribution in [2.75, 3.05) is 13.1 Å². The van der Waals surface area contributed by atoms with E-state index in [0.29, 0.717) is 0 Å². The smallest absolute Gasteiger partial charge is 0.237 e. The van der Waals surface area contributed by atoms with E-state index in [1.165, 1.54) is 49.7 Å². The molecule has 1 saturated carbocycles. The summed E-state index contributed by atoms with van der Waals surface area (Å²) in [6.07, 6.45) is 11.1. The molecule has 1 aliphatic heterocycles. The van der Waals surface area contributed by atoms with E-state index in [9.17, 15) is 4.79 Å². The molecule has 2 atom stereocenters. The molecule has 0 unspecified atom stereocenters. The van der Waals surface area contributed by atoms with Gasteiger partial charge in [0.15, 0.2) is 0 Å². The van der Waals surface area contributed by atoms with Gasteiger partial charge in [-0.05, 0) is 68.5 Å². The second-order valence-corrected chi connectivity index (χ2v) is 7.96. The Morgan fingerprint density at radius 2 is 1.88 bits per heavy atom. The number of rotatable bonds is 4. The average molecular weight is 326 g/mol. The van der Waals surface area contributed by atoms with Gasteiger partial charge in [-0.1, -0.05) is 37.1 Å². The summed E-state index contributed by atoms with van der Waals surface area (Å²) < 4.78 is 0. The average Bonchev–Trinajstić information content (AvgIpc) is 3.27. The number of hydrogen-bond donors (Lipinski definition) is 1. The molecule has 1 N–H and O–H groups in total. The maximum atomic E-state index is 13.0. The van der Waals surface area contributed by atoms with Crippen molar-refractivity contribution in [1.82, 2.24) is 10.2 Å². The number of likely N-dealkylation sites (tertiary alicyclic amines) is 1. The van der Waals surface area contributed by atoms with Gasteiger partial charge in [-0.25, -0.2) is 0 Å². The molecule has 1 amide bonds. The molecule has 0 bridgehead atoms. The van der Waals surface area contributed by atoms with Gasteiger partial charge in [-0.3, -0.25) is 9.69 Å². The molecule has 1 aromatic rings. The first-order valence-corrected chi connectivity index (χ1v) is 9.93. The van der Waals surface area contributed by atoms with Crippen LogP contribution in [0.1, 0.15) is 68.5 Å². The lowest BCUT2D eigenvalue weighted by molar-refractivity contribution is -0.126. The van der Waals surface area contributed by atoms with E-state index in [2.05, 4.69) is 34.5 Å². The summed E-state index contributed by atoms with van der Waals surface area (Å²) in [4.78, 5) is 15.4. The van der Waals surface area contributed by atoms with Gasteiger partial charge in [0.1, 0.15) is 0 Å². The summed E-state index contributed by atoms with van der Waals surface area (Å²) in [5, 5.41) is 3.39. The van der Waals surface area contributed by atoms with Crippen molar-refractivity contribution >= 4 is 5.91 Å². The summed E-state index contributed by atoms with van der Waals surface area (Å²) in [7, 11) is 0. The number of carbonyl (C=O) groups is 1. The zero-order valence-electron chi connectivity index (χ0n) is 14.7. The SMILES string of the molecule is O=C(N[C@@H]1CCCc2ccccc21)[C@H]1CCCN1CC1CCCC1. The van der Waals surface area contributed by atoms with Crippen LogP contribution in [0.4, 0.5) is 0 Å². The molecule has 1 aromatic carbocycles. The van der Waals surface area contributed by atoms with Crippen molar-refractivity contribution in [3.05, 3.63) is 35.4 Å². The summed E-state index contributed by atoms with van der Waals surface area (Å²) in [6.45, 7) is 2.25. The minimum atomic E-state index is 0.111. The van der Waals surface area contributed by atoms with Gasteiger partial charge in [0.2, 0.25) is 5.91 Å². The number of benzene rings is 1. The lowest BCUT2D eigenvalue weighted by atomic mass is 9.87. The lowest BCUT2D eigenvalue weighted by Gasteiger charge is -2.30. The van der Waals surface area contributed by atoms with Gasteiger partial charge >= 0.3 is 0 Å². The Balaban J connectivity index is 1.40. The normalized spacial score (nSPS) is 28.0. The Bertz CT molecular complexity index is 579. The van der Waals surface area contributed by atoms with Crippen molar-refractivity contribution in [2.45, 2.75) is 69.9 Å². The molecule has 3 aliphatic rings. The number of carbonyl (C=O) groups excluding carboxylic acids is 1. The minimum absolute atomic E-state index is 0.111. The number of nitrogens with zero attached hydrogens (tertiary/aromatic N) is 1. The van der Waals surface area contributed by atoms with Crippen molar-refractivity contribution < 1.29 is 4.79 Å². The van der Waals surface area contributed by atoms with Gasteiger partial charge in [-0.15, -0.1) is 0 Å². The molecule has 0 radical (unpaired) electrons. The molecule has 1 heterocycles. The number of hydrogen-bond acceptors (Lipinski definition) is 2. The molecule has 2 aliphatic carbocycles. The number of nitrogens with one attached hydrogen (secondary N) is 1. The van der Waals surface area contributed by atoms with Crippen LogP contribution in [0.3, 0.4) is 0 Å². The maximum Gasteiger partial charge on any atom is 0.237 e. The highest BCUT2D eigenvalue weighted by molar-refractivity contribution is 5.82. The largest absolute Gasteiger partial charge is 0.348 e. The van der Waals surface area contributed by atoms with Gasteiger partial charge in [0, 0.05) is 6.54 Å². The predicted molar refractivity (Wildman–Crippen MR) is 96.8 cm³/mol. The van der Waals surface area contributed by atoms with Crippen LogP contribution in [-0.4, -0.2) is 29.9 Å². The zero-order chi connectivity index (χ0) is 16.4. The number of amides is 1. The van der Waals surface area contributed by atoms with Crippen molar-refractivity contribution in [3.8, 4) is 0 Å². The highest BCUT2D eigenvalue weighted by Gasteiger charge is 2.34. The van der Waals surface area contributed by atoms with E-state index in [0.717, 1.165) is 38.3 Å². The zero-order valence-corrected chi connectivity index (χ0v) is 14.7. The van der Waals surface area contributed by atoms with Crippen molar-refractivity contribution in [1.29, 1.82) is 0 Å². The van der Waals surface area contributed by atoms with Gasteiger partial charge in [0.05, 0.1) is 12.1 Å². The highest BCUT2D eigenvalue weighted by Crippen LogP contribution is 2.31. The Kier molecular flexibility index (Phi) is 4.88. The van der Waals surface area contributed by atoms with Crippen LogP contribution in [0.25, 0.3) is 0 Å². The van der Waals surface area contributed by atoms with Crippen LogP contribution < -0.4 is 5.32 Å². The van der Waals surface area contributed by atoms with E-state index in [-0.39, 0.29) is 18.0 Å². The molecule has 4 rings (SSSR count). The minimum Gasteiger partial charge on any atom is -0.348 e. The van der Waals surface area contributed by atoms with Gasteiger partial charge in [0.25, 0.3) is 0 Å². The third-order valence-corrected chi connectivity index (χ3v) is 6.32. The third-order valence-electron chi connectivity index (χ3n) is 6.32. The van der Waals surface area contributed by atoms with Crippen LogP contribution in [0.15, 0.2) is 24.3 Å². The van der Waals surface area contributed by atoms with E-state index < -0.39 is 0 Å². The number of aryl methyl sites for hydroxylation is 1. The first-order valence-electron chi connectivity index (χ1n) is 9.93. The van der Waals surface area contributed by atoms with Crippen LogP contribution >= 0.6 is 0 Å². The maximum absolute atomic E-state index is 13.0. The summed E-state index contributed by atoms with van der Waals surface area (Å²) in [6, 6.07) is 8.96. The Labute approximate surface area is 145 Å². The Morgan fingerprint density at radius 1 is 1.04 bits per heavy atom. The van der Waals surface area contributed by atoms with E-state index >= 15 is 0 Å². The molecule has 0 aromatic heterocycles. The van der Waals surface area contributed by atoms with E-state index in [4.69, 9.17) is 0 Å². The van der Waals surface area contributed by atoms with Crippen LogP contribution in [0.2, 0.25) is 0 Å². The lowest BCUT2D eigenvalue weighted by Crippen LogP contribution is -2.46. The molecular weight excluding hydrogens is 296 g/mol. The standard InChI is InChI=1S/C21H30N2O/c24-21(20-13-6-14-23(20)15-16-7-1-2-8-16)22-19-12-5-10-17-9-3-4-11-18(17)19/h3-4,9,11,16,19-20H,1-2,5-8,10,12-15H2,(H,22,24)/t19-,20-/m1/s1. The number of fused-ring (bicyclic) bond motifs is 1. The van der Waals surface area contributed by atoms with E-state index in [1.807, 2.05) is 0 Å². The molecule has 2 fully saturated rings. The fourth-order valence-corrected chi connectivity index (χ4v) is 5.04. The third kappa shape index (κ3) is 3.37. The summed E-state index contributed by atoms with van der Waals surface area (Å²) in [5.41, 5.74) is 2.76. The van der Waals surface area contributed by atoms with Crippen molar-refractivity contribution in [3.63, 3.8) is 0 Å². The first-order chi connectivity index (χ1) is 11.8. The van der Waals surface area contributed by atoms with Crippen LogP contribution in [-0.2, 0) is 11.2 Å². The first kappa shape index (κ1) is 16.1. The summed E-state index contributed by atoms with van der Waals surface area (Å²) >= 11 is 0. The summed E-state index contributed by atoms with van der Waals surface area (Å²) in [5.74, 6) is 1.10. The second-order valence-electron chi connectivity index (χ2n) is 7.96. The molecule has 3 nitrogen and oxygen atoms in total. The monoisotopic (exact) mass is 326 g/mol.